The minimum Gasteiger partial charge on any atom is -0.390 e. The number of phosphoric ester groups is 1. The Labute approximate surface area is 135 Å². The quantitative estimate of drug-likeness (QED) is 0.452. The molecule has 10 heteroatoms. The largest absolute Gasteiger partial charge is 0.472 e. The number of aliphatic hydroxyl groups is 1. The molecule has 2 rings (SSSR count). The summed E-state index contributed by atoms with van der Waals surface area (Å²) >= 11 is 4.18. The molecule has 2 fully saturated rings. The molecule has 0 aromatic carbocycles. The summed E-state index contributed by atoms with van der Waals surface area (Å²) in [5.74, 6) is 0. The zero-order valence-electron chi connectivity index (χ0n) is 12.5. The Bertz CT molecular complexity index is 411. The average Bonchev–Trinajstić information content (AvgIpc) is 2.96. The van der Waals surface area contributed by atoms with E-state index >= 15 is 0 Å². The van der Waals surface area contributed by atoms with Crippen molar-refractivity contribution in [3.63, 3.8) is 0 Å². The van der Waals surface area contributed by atoms with Crippen LogP contribution in [0.2, 0.25) is 0 Å². The summed E-state index contributed by atoms with van der Waals surface area (Å²) in [4.78, 5) is 9.67. The fourth-order valence-electron chi connectivity index (χ4n) is 2.55. The van der Waals surface area contributed by atoms with Gasteiger partial charge in [0.15, 0.2) is 0 Å². The SMILES string of the molecule is COC1C[C@H](S)O[C@@H]1COP(=O)(O)OCC1OC(C)CC1O. The second-order valence-electron chi connectivity index (χ2n) is 5.49. The Morgan fingerprint density at radius 1 is 1.23 bits per heavy atom. The molecule has 2 aliphatic heterocycles. The van der Waals surface area contributed by atoms with E-state index in [1.165, 1.54) is 7.11 Å². The maximum atomic E-state index is 11.9. The molecule has 8 nitrogen and oxygen atoms in total. The van der Waals surface area contributed by atoms with Gasteiger partial charge in [-0.05, 0) is 6.92 Å². The van der Waals surface area contributed by atoms with Gasteiger partial charge in [0.1, 0.15) is 17.6 Å². The number of hydrogen-bond acceptors (Lipinski definition) is 8. The average molecular weight is 358 g/mol. The number of rotatable bonds is 7. The van der Waals surface area contributed by atoms with Crippen LogP contribution in [0.3, 0.4) is 0 Å². The highest BCUT2D eigenvalue weighted by molar-refractivity contribution is 7.80. The highest BCUT2D eigenvalue weighted by Crippen LogP contribution is 2.44. The first-order valence-electron chi connectivity index (χ1n) is 7.12. The van der Waals surface area contributed by atoms with Gasteiger partial charge >= 0.3 is 7.82 Å². The van der Waals surface area contributed by atoms with E-state index in [4.69, 9.17) is 23.3 Å². The predicted octanol–water partition coefficient (Wildman–Crippen LogP) is 0.718. The van der Waals surface area contributed by atoms with Gasteiger partial charge in [0.2, 0.25) is 0 Å². The van der Waals surface area contributed by atoms with Gasteiger partial charge in [-0.15, -0.1) is 12.6 Å². The Morgan fingerprint density at radius 2 is 1.86 bits per heavy atom. The van der Waals surface area contributed by atoms with Crippen molar-refractivity contribution in [3.05, 3.63) is 0 Å². The van der Waals surface area contributed by atoms with Gasteiger partial charge in [-0.2, -0.15) is 0 Å². The van der Waals surface area contributed by atoms with E-state index < -0.39 is 26.1 Å². The number of aliphatic hydroxyl groups excluding tert-OH is 1. The molecule has 0 bridgehead atoms. The predicted molar refractivity (Wildman–Crippen MR) is 79.7 cm³/mol. The van der Waals surface area contributed by atoms with Crippen LogP contribution >= 0.6 is 20.5 Å². The molecular weight excluding hydrogens is 335 g/mol. The summed E-state index contributed by atoms with van der Waals surface area (Å²) in [5, 5.41) is 9.69. The zero-order valence-corrected chi connectivity index (χ0v) is 14.3. The van der Waals surface area contributed by atoms with Crippen molar-refractivity contribution in [1.29, 1.82) is 0 Å². The minimum atomic E-state index is -4.25. The van der Waals surface area contributed by atoms with Crippen LogP contribution < -0.4 is 0 Å². The third-order valence-electron chi connectivity index (χ3n) is 3.70. The second kappa shape index (κ2) is 7.92. The third-order valence-corrected chi connectivity index (χ3v) is 4.98. The number of methoxy groups -OCH3 is 1. The number of hydrogen-bond donors (Lipinski definition) is 3. The van der Waals surface area contributed by atoms with Gasteiger partial charge in [0.05, 0.1) is 31.5 Å². The summed E-state index contributed by atoms with van der Waals surface area (Å²) in [6.07, 6.45) is -1.13. The molecule has 0 saturated carbocycles. The van der Waals surface area contributed by atoms with E-state index in [2.05, 4.69) is 12.6 Å². The Morgan fingerprint density at radius 3 is 2.41 bits per heavy atom. The van der Waals surface area contributed by atoms with E-state index in [9.17, 15) is 14.6 Å². The maximum Gasteiger partial charge on any atom is 0.472 e. The molecule has 2 aliphatic rings. The summed E-state index contributed by atoms with van der Waals surface area (Å²) in [7, 11) is -2.72. The van der Waals surface area contributed by atoms with Crippen molar-refractivity contribution in [2.45, 2.75) is 55.7 Å². The van der Waals surface area contributed by atoms with Gasteiger partial charge in [0, 0.05) is 20.0 Å². The van der Waals surface area contributed by atoms with E-state index in [1.807, 2.05) is 6.92 Å². The maximum absolute atomic E-state index is 11.9. The molecule has 0 spiro atoms. The highest BCUT2D eigenvalue weighted by Gasteiger charge is 2.37. The Kier molecular flexibility index (Phi) is 6.71. The smallest absolute Gasteiger partial charge is 0.390 e. The first-order valence-corrected chi connectivity index (χ1v) is 9.13. The lowest BCUT2D eigenvalue weighted by Gasteiger charge is -2.20. The number of thiol groups is 1. The van der Waals surface area contributed by atoms with Crippen molar-refractivity contribution < 1.29 is 37.8 Å². The van der Waals surface area contributed by atoms with Crippen molar-refractivity contribution in [3.8, 4) is 0 Å². The summed E-state index contributed by atoms with van der Waals surface area (Å²) < 4.78 is 37.7. The van der Waals surface area contributed by atoms with E-state index in [0.717, 1.165) is 0 Å². The first kappa shape index (κ1) is 18.6. The molecule has 2 saturated heterocycles. The summed E-state index contributed by atoms with van der Waals surface area (Å²) in [6.45, 7) is 1.45. The molecule has 22 heavy (non-hydrogen) atoms. The van der Waals surface area contributed by atoms with Crippen LogP contribution in [0.15, 0.2) is 0 Å². The van der Waals surface area contributed by atoms with Gasteiger partial charge < -0.3 is 24.2 Å². The molecule has 2 heterocycles. The second-order valence-corrected chi connectivity index (χ2v) is 7.52. The van der Waals surface area contributed by atoms with Crippen LogP contribution in [-0.4, -0.2) is 66.3 Å². The molecule has 0 aromatic rings. The molecule has 0 aromatic heterocycles. The Balaban J connectivity index is 1.75. The van der Waals surface area contributed by atoms with E-state index in [1.54, 1.807) is 0 Å². The lowest BCUT2D eigenvalue weighted by atomic mass is 10.1. The first-order chi connectivity index (χ1) is 10.3. The summed E-state index contributed by atoms with van der Waals surface area (Å²) in [6, 6.07) is 0. The van der Waals surface area contributed by atoms with Crippen molar-refractivity contribution in [1.82, 2.24) is 0 Å². The van der Waals surface area contributed by atoms with Crippen molar-refractivity contribution in [2.75, 3.05) is 20.3 Å². The number of phosphoric acid groups is 1. The third kappa shape index (κ3) is 5.15. The Hall–Kier alpha value is 0.300. The van der Waals surface area contributed by atoms with Crippen molar-refractivity contribution >= 4 is 20.5 Å². The molecule has 5 unspecified atom stereocenters. The lowest BCUT2D eigenvalue weighted by Crippen LogP contribution is -2.29. The van der Waals surface area contributed by atoms with Crippen LogP contribution in [0.5, 0.6) is 0 Å². The fraction of sp³-hybridized carbons (Fsp3) is 1.00. The van der Waals surface area contributed by atoms with Gasteiger partial charge in [-0.3, -0.25) is 9.05 Å². The molecule has 2 N–H and O–H groups in total. The monoisotopic (exact) mass is 358 g/mol. The molecule has 0 radical (unpaired) electrons. The lowest BCUT2D eigenvalue weighted by molar-refractivity contribution is -0.0343. The molecule has 0 amide bonds. The van der Waals surface area contributed by atoms with E-state index in [0.29, 0.717) is 12.8 Å². The van der Waals surface area contributed by atoms with Crippen molar-refractivity contribution in [2.24, 2.45) is 0 Å². The molecule has 7 atom stereocenters. The number of ether oxygens (including phenoxy) is 3. The van der Waals surface area contributed by atoms with E-state index in [-0.39, 0.29) is 30.9 Å². The van der Waals surface area contributed by atoms with Crippen LogP contribution in [-0.2, 0) is 27.8 Å². The topological polar surface area (TPSA) is 104 Å². The van der Waals surface area contributed by atoms with Gasteiger partial charge in [-0.1, -0.05) is 0 Å². The molecule has 130 valence electrons. The normalized spacial score (nSPS) is 41.7. The van der Waals surface area contributed by atoms with Crippen LogP contribution in [0.1, 0.15) is 19.8 Å². The van der Waals surface area contributed by atoms with Gasteiger partial charge in [0.25, 0.3) is 0 Å². The molecule has 0 aliphatic carbocycles. The highest BCUT2D eigenvalue weighted by atomic mass is 32.1. The fourth-order valence-corrected chi connectivity index (χ4v) is 3.66. The summed E-state index contributed by atoms with van der Waals surface area (Å²) in [5.41, 5.74) is -0.291. The minimum absolute atomic E-state index is 0.107. The van der Waals surface area contributed by atoms with Crippen LogP contribution in [0.4, 0.5) is 0 Å². The molecular formula is C12H23O8PS. The standard InChI is InChI=1S/C12H23O8PS/c1-7-3-8(13)10(19-7)5-17-21(14,15)18-6-11-9(16-2)4-12(22)20-11/h7-13,22H,3-6H2,1-2H3,(H,14,15)/t7?,8?,9?,10?,11-,12+/m1/s1. The van der Waals surface area contributed by atoms with Gasteiger partial charge in [-0.25, -0.2) is 4.57 Å². The van der Waals surface area contributed by atoms with Crippen LogP contribution in [0, 0.1) is 0 Å². The zero-order chi connectivity index (χ0) is 16.3. The van der Waals surface area contributed by atoms with Crippen LogP contribution in [0.25, 0.3) is 0 Å².